The van der Waals surface area contributed by atoms with Crippen molar-refractivity contribution in [2.24, 2.45) is 5.92 Å². The van der Waals surface area contributed by atoms with Gasteiger partial charge in [-0.3, -0.25) is 9.59 Å². The summed E-state index contributed by atoms with van der Waals surface area (Å²) < 4.78 is 14.6. The van der Waals surface area contributed by atoms with Crippen LogP contribution in [-0.4, -0.2) is 35.7 Å². The minimum atomic E-state index is -0.949. The lowest BCUT2D eigenvalue weighted by molar-refractivity contribution is -0.432. The number of unbranched alkanes of at least 4 members (excludes halogenated alkanes) is 7. The summed E-state index contributed by atoms with van der Waals surface area (Å²) in [5.41, 5.74) is 0. The highest BCUT2D eigenvalue weighted by Gasteiger charge is 2.26. The molecular formula is C19H36O7S. The van der Waals surface area contributed by atoms with Crippen LogP contribution in [0, 0.1) is 5.92 Å². The first-order valence-electron chi connectivity index (χ1n) is 9.97. The van der Waals surface area contributed by atoms with E-state index in [2.05, 4.69) is 16.3 Å². The first kappa shape index (κ1) is 26.2. The van der Waals surface area contributed by atoms with Gasteiger partial charge in [0.05, 0.1) is 31.7 Å². The standard InChI is InChI=1S/C19H36O7S/c1-4-5-6-7-8-9-10-11-13-23-18(20)15-17(27-26-25-22)19(21)24-14-12-16(2)3/h16-17,22H,4-15H2,1-3H3. The van der Waals surface area contributed by atoms with Crippen molar-refractivity contribution in [1.82, 2.24) is 0 Å². The predicted octanol–water partition coefficient (Wildman–Crippen LogP) is 5.09. The molecule has 0 aliphatic heterocycles. The second kappa shape index (κ2) is 18.5. The van der Waals surface area contributed by atoms with Crippen molar-refractivity contribution in [2.45, 2.75) is 90.2 Å². The minimum absolute atomic E-state index is 0.203. The second-order valence-electron chi connectivity index (χ2n) is 6.98. The molecule has 160 valence electrons. The maximum absolute atomic E-state index is 12.0. The van der Waals surface area contributed by atoms with E-state index in [0.29, 0.717) is 24.6 Å². The molecule has 0 amide bonds. The van der Waals surface area contributed by atoms with E-state index in [1.54, 1.807) is 0 Å². The van der Waals surface area contributed by atoms with Crippen LogP contribution in [0.1, 0.15) is 85.0 Å². The van der Waals surface area contributed by atoms with E-state index in [-0.39, 0.29) is 13.0 Å². The fourth-order valence-corrected chi connectivity index (χ4v) is 2.82. The summed E-state index contributed by atoms with van der Waals surface area (Å²) in [5, 5.41) is 10.8. The van der Waals surface area contributed by atoms with Gasteiger partial charge in [-0.15, -0.1) is 4.33 Å². The second-order valence-corrected chi connectivity index (χ2v) is 7.87. The number of carbonyl (C=O) groups excluding carboxylic acids is 2. The van der Waals surface area contributed by atoms with E-state index < -0.39 is 17.2 Å². The first-order valence-corrected chi connectivity index (χ1v) is 10.8. The van der Waals surface area contributed by atoms with E-state index >= 15 is 0 Å². The Hall–Kier alpha value is -0.830. The van der Waals surface area contributed by atoms with Gasteiger partial charge in [-0.05, 0) is 18.8 Å². The highest BCUT2D eigenvalue weighted by molar-refractivity contribution is 7.95. The van der Waals surface area contributed by atoms with Crippen molar-refractivity contribution in [1.29, 1.82) is 0 Å². The number of ether oxygens (including phenoxy) is 2. The van der Waals surface area contributed by atoms with E-state index in [4.69, 9.17) is 14.7 Å². The van der Waals surface area contributed by atoms with Gasteiger partial charge in [0.15, 0.2) is 0 Å². The Morgan fingerprint density at radius 3 is 2.15 bits per heavy atom. The molecule has 1 N–H and O–H groups in total. The Labute approximate surface area is 167 Å². The third kappa shape index (κ3) is 17.0. The summed E-state index contributed by atoms with van der Waals surface area (Å²) in [7, 11) is 0. The topological polar surface area (TPSA) is 91.3 Å². The van der Waals surface area contributed by atoms with Crippen molar-refractivity contribution in [3.05, 3.63) is 0 Å². The third-order valence-electron chi connectivity index (χ3n) is 4.00. The van der Waals surface area contributed by atoms with Crippen molar-refractivity contribution in [3.8, 4) is 0 Å². The SMILES string of the molecule is CCCCCCCCCCOC(=O)CC(SOOO)C(=O)OCCC(C)C. The highest BCUT2D eigenvalue weighted by Crippen LogP contribution is 2.19. The summed E-state index contributed by atoms with van der Waals surface area (Å²) in [6.07, 6.45) is 9.81. The summed E-state index contributed by atoms with van der Waals surface area (Å²) in [4.78, 5) is 23.9. The average Bonchev–Trinajstić information content (AvgIpc) is 2.63. The maximum atomic E-state index is 12.0. The Kier molecular flexibility index (Phi) is 18.0. The van der Waals surface area contributed by atoms with E-state index in [9.17, 15) is 9.59 Å². The van der Waals surface area contributed by atoms with Gasteiger partial charge in [-0.2, -0.15) is 0 Å². The minimum Gasteiger partial charge on any atom is -0.466 e. The lowest BCUT2D eigenvalue weighted by Crippen LogP contribution is -2.25. The van der Waals surface area contributed by atoms with Crippen molar-refractivity contribution >= 4 is 24.0 Å². The van der Waals surface area contributed by atoms with Gasteiger partial charge in [0.2, 0.25) is 0 Å². The average molecular weight is 409 g/mol. The lowest BCUT2D eigenvalue weighted by Gasteiger charge is -2.14. The number of carbonyl (C=O) groups is 2. The van der Waals surface area contributed by atoms with Crippen LogP contribution in [0.5, 0.6) is 0 Å². The molecule has 27 heavy (non-hydrogen) atoms. The monoisotopic (exact) mass is 408 g/mol. The molecule has 0 aromatic rings. The number of rotatable bonds is 18. The van der Waals surface area contributed by atoms with Crippen molar-refractivity contribution in [2.75, 3.05) is 13.2 Å². The molecule has 1 atom stereocenters. The molecule has 0 aromatic carbocycles. The van der Waals surface area contributed by atoms with Gasteiger partial charge in [0.1, 0.15) is 5.25 Å². The predicted molar refractivity (Wildman–Crippen MR) is 105 cm³/mol. The molecule has 0 heterocycles. The van der Waals surface area contributed by atoms with Gasteiger partial charge in [0.25, 0.3) is 0 Å². The molecule has 0 rings (SSSR count). The quantitative estimate of drug-likeness (QED) is 0.110. The van der Waals surface area contributed by atoms with Crippen LogP contribution in [-0.2, 0) is 28.4 Å². The normalized spacial score (nSPS) is 12.2. The molecule has 0 saturated carbocycles. The Balaban J connectivity index is 3.95. The zero-order valence-corrected chi connectivity index (χ0v) is 17.8. The molecule has 0 aliphatic rings. The summed E-state index contributed by atoms with van der Waals surface area (Å²) >= 11 is 0.526. The van der Waals surface area contributed by atoms with E-state index in [0.717, 1.165) is 25.7 Å². The smallest absolute Gasteiger partial charge is 0.322 e. The summed E-state index contributed by atoms with van der Waals surface area (Å²) in [5.74, 6) is -0.697. The van der Waals surface area contributed by atoms with Crippen molar-refractivity contribution in [3.63, 3.8) is 0 Å². The van der Waals surface area contributed by atoms with Crippen LogP contribution in [0.15, 0.2) is 0 Å². The zero-order valence-electron chi connectivity index (χ0n) is 16.9. The van der Waals surface area contributed by atoms with Crippen LogP contribution in [0.4, 0.5) is 0 Å². The third-order valence-corrected chi connectivity index (χ3v) is 4.73. The molecule has 0 radical (unpaired) electrons. The molecule has 0 spiro atoms. The molecule has 0 aromatic heterocycles. The zero-order chi connectivity index (χ0) is 20.3. The Morgan fingerprint density at radius 1 is 0.926 bits per heavy atom. The van der Waals surface area contributed by atoms with E-state index in [1.165, 1.54) is 32.1 Å². The molecule has 8 heteroatoms. The van der Waals surface area contributed by atoms with Gasteiger partial charge >= 0.3 is 11.9 Å². The lowest BCUT2D eigenvalue weighted by atomic mass is 10.1. The van der Waals surface area contributed by atoms with Crippen LogP contribution < -0.4 is 0 Å². The molecule has 0 bridgehead atoms. The molecular weight excluding hydrogens is 372 g/mol. The largest absolute Gasteiger partial charge is 0.466 e. The van der Waals surface area contributed by atoms with Crippen LogP contribution in [0.25, 0.3) is 0 Å². The molecule has 0 aliphatic carbocycles. The maximum Gasteiger partial charge on any atom is 0.322 e. The molecule has 0 fully saturated rings. The summed E-state index contributed by atoms with van der Waals surface area (Å²) in [6.45, 7) is 6.84. The van der Waals surface area contributed by atoms with Crippen LogP contribution >= 0.6 is 12.0 Å². The fraction of sp³-hybridized carbons (Fsp3) is 0.895. The van der Waals surface area contributed by atoms with Gasteiger partial charge in [-0.1, -0.05) is 70.8 Å². The van der Waals surface area contributed by atoms with E-state index in [1.807, 2.05) is 13.8 Å². The number of hydrogen-bond acceptors (Lipinski definition) is 8. The fourth-order valence-electron chi connectivity index (χ4n) is 2.34. The first-order chi connectivity index (χ1) is 13.0. The van der Waals surface area contributed by atoms with Gasteiger partial charge in [-0.25, -0.2) is 5.26 Å². The van der Waals surface area contributed by atoms with Crippen LogP contribution in [0.3, 0.4) is 0 Å². The van der Waals surface area contributed by atoms with Gasteiger partial charge < -0.3 is 9.47 Å². The molecule has 7 nitrogen and oxygen atoms in total. The Bertz CT molecular complexity index is 377. The molecule has 1 unspecified atom stereocenters. The van der Waals surface area contributed by atoms with Gasteiger partial charge in [0, 0.05) is 0 Å². The molecule has 0 saturated heterocycles. The number of hydrogen-bond donors (Lipinski definition) is 1. The van der Waals surface area contributed by atoms with Crippen molar-refractivity contribution < 1.29 is 33.7 Å². The summed E-state index contributed by atoms with van der Waals surface area (Å²) in [6, 6.07) is 0. The van der Waals surface area contributed by atoms with Crippen LogP contribution in [0.2, 0.25) is 0 Å². The Morgan fingerprint density at radius 2 is 1.56 bits per heavy atom. The highest BCUT2D eigenvalue weighted by atomic mass is 32.2. The number of esters is 2.